The van der Waals surface area contributed by atoms with Crippen molar-refractivity contribution in [3.8, 4) is 5.75 Å². The Kier molecular flexibility index (Phi) is 9.58. The molecule has 4 aromatic rings. The van der Waals surface area contributed by atoms with Gasteiger partial charge < -0.3 is 14.6 Å². The molecule has 0 aliphatic rings. The highest BCUT2D eigenvalue weighted by atomic mass is 16.5. The van der Waals surface area contributed by atoms with Crippen LogP contribution in [0.15, 0.2) is 60.7 Å². The Labute approximate surface area is 227 Å². The van der Waals surface area contributed by atoms with E-state index in [0.29, 0.717) is 6.54 Å². The number of para-hydroxylation sites is 2. The molecule has 0 spiro atoms. The SMILES string of the molecule is Cc1ccc(C(=O)NCCCCCc2nc3ccccc3n2CCCCOc2cccc(C)c2C)c(C)c1. The molecule has 0 atom stereocenters. The number of aryl methyl sites for hydroxylation is 5. The van der Waals surface area contributed by atoms with Gasteiger partial charge in [-0.15, -0.1) is 0 Å². The number of carbonyl (C=O) groups is 1. The molecule has 0 unspecified atom stereocenters. The zero-order valence-electron chi connectivity index (χ0n) is 23.3. The first-order valence-corrected chi connectivity index (χ1v) is 13.9. The van der Waals surface area contributed by atoms with E-state index in [2.05, 4.69) is 72.3 Å². The largest absolute Gasteiger partial charge is 0.493 e. The Morgan fingerprint density at radius 3 is 2.55 bits per heavy atom. The number of carbonyl (C=O) groups excluding carboxylic acids is 1. The van der Waals surface area contributed by atoms with Crippen LogP contribution in [0.2, 0.25) is 0 Å². The minimum atomic E-state index is 0.0193. The third-order valence-corrected chi connectivity index (χ3v) is 7.31. The molecule has 1 aromatic heterocycles. The van der Waals surface area contributed by atoms with Gasteiger partial charge in [0.1, 0.15) is 11.6 Å². The van der Waals surface area contributed by atoms with Crippen LogP contribution in [0, 0.1) is 27.7 Å². The fourth-order valence-corrected chi connectivity index (χ4v) is 4.95. The van der Waals surface area contributed by atoms with Crippen molar-refractivity contribution in [2.24, 2.45) is 0 Å². The Bertz CT molecular complexity index is 1370. The predicted octanol–water partition coefficient (Wildman–Crippen LogP) is 7.27. The molecule has 0 saturated heterocycles. The number of hydrogen-bond acceptors (Lipinski definition) is 3. The molecule has 1 heterocycles. The van der Waals surface area contributed by atoms with Crippen molar-refractivity contribution < 1.29 is 9.53 Å². The second kappa shape index (κ2) is 13.3. The van der Waals surface area contributed by atoms with E-state index in [1.807, 2.05) is 26.0 Å². The van der Waals surface area contributed by atoms with E-state index in [-0.39, 0.29) is 5.91 Å². The van der Waals surface area contributed by atoms with Crippen LogP contribution in [0.4, 0.5) is 0 Å². The zero-order chi connectivity index (χ0) is 26.9. The number of amides is 1. The topological polar surface area (TPSA) is 56.2 Å². The van der Waals surface area contributed by atoms with Crippen LogP contribution in [-0.4, -0.2) is 28.6 Å². The summed E-state index contributed by atoms with van der Waals surface area (Å²) in [7, 11) is 0. The van der Waals surface area contributed by atoms with Crippen LogP contribution >= 0.6 is 0 Å². The summed E-state index contributed by atoms with van der Waals surface area (Å²) in [5.74, 6) is 2.16. The molecule has 4 rings (SSSR count). The molecule has 5 nitrogen and oxygen atoms in total. The van der Waals surface area contributed by atoms with Gasteiger partial charge in [-0.2, -0.15) is 0 Å². The van der Waals surface area contributed by atoms with Gasteiger partial charge in [0.05, 0.1) is 17.6 Å². The fourth-order valence-electron chi connectivity index (χ4n) is 4.95. The fraction of sp³-hybridized carbons (Fsp3) is 0.394. The first-order valence-electron chi connectivity index (χ1n) is 13.9. The first kappa shape index (κ1) is 27.4. The number of imidazole rings is 1. The minimum Gasteiger partial charge on any atom is -0.493 e. The van der Waals surface area contributed by atoms with E-state index in [4.69, 9.17) is 9.72 Å². The maximum atomic E-state index is 12.5. The van der Waals surface area contributed by atoms with Gasteiger partial charge in [0.25, 0.3) is 5.91 Å². The molecule has 38 heavy (non-hydrogen) atoms. The lowest BCUT2D eigenvalue weighted by Crippen LogP contribution is -2.25. The van der Waals surface area contributed by atoms with Gasteiger partial charge in [0.2, 0.25) is 0 Å². The summed E-state index contributed by atoms with van der Waals surface area (Å²) < 4.78 is 8.44. The van der Waals surface area contributed by atoms with Crippen molar-refractivity contribution >= 4 is 16.9 Å². The number of aromatic nitrogens is 2. The van der Waals surface area contributed by atoms with E-state index >= 15 is 0 Å². The van der Waals surface area contributed by atoms with Gasteiger partial charge in [0, 0.05) is 25.1 Å². The number of unbranched alkanes of at least 4 members (excludes halogenated alkanes) is 3. The maximum absolute atomic E-state index is 12.5. The van der Waals surface area contributed by atoms with Gasteiger partial charge in [-0.3, -0.25) is 4.79 Å². The summed E-state index contributed by atoms with van der Waals surface area (Å²) in [6.45, 7) is 10.6. The highest BCUT2D eigenvalue weighted by Gasteiger charge is 2.11. The van der Waals surface area contributed by atoms with Crippen LogP contribution in [0.3, 0.4) is 0 Å². The summed E-state index contributed by atoms with van der Waals surface area (Å²) >= 11 is 0. The summed E-state index contributed by atoms with van der Waals surface area (Å²) in [4.78, 5) is 17.4. The average Bonchev–Trinajstić information content (AvgIpc) is 3.25. The van der Waals surface area contributed by atoms with Crippen molar-refractivity contribution in [3.63, 3.8) is 0 Å². The van der Waals surface area contributed by atoms with Crippen LogP contribution in [-0.2, 0) is 13.0 Å². The number of ether oxygens (including phenoxy) is 1. The third-order valence-electron chi connectivity index (χ3n) is 7.31. The maximum Gasteiger partial charge on any atom is 0.251 e. The van der Waals surface area contributed by atoms with E-state index in [9.17, 15) is 4.79 Å². The van der Waals surface area contributed by atoms with Crippen LogP contribution in [0.25, 0.3) is 11.0 Å². The van der Waals surface area contributed by atoms with E-state index in [1.165, 1.54) is 22.2 Å². The molecular weight excluding hydrogens is 470 g/mol. The number of hydrogen-bond donors (Lipinski definition) is 1. The van der Waals surface area contributed by atoms with Gasteiger partial charge in [-0.05, 0) is 94.3 Å². The minimum absolute atomic E-state index is 0.0193. The molecule has 0 aliphatic carbocycles. The van der Waals surface area contributed by atoms with Gasteiger partial charge in [0.15, 0.2) is 0 Å². The molecule has 0 fully saturated rings. The van der Waals surface area contributed by atoms with Crippen molar-refractivity contribution in [1.82, 2.24) is 14.9 Å². The molecule has 200 valence electrons. The van der Waals surface area contributed by atoms with Crippen molar-refractivity contribution in [2.75, 3.05) is 13.2 Å². The van der Waals surface area contributed by atoms with Gasteiger partial charge >= 0.3 is 0 Å². The predicted molar refractivity (Wildman–Crippen MR) is 156 cm³/mol. The smallest absolute Gasteiger partial charge is 0.251 e. The summed E-state index contributed by atoms with van der Waals surface area (Å²) in [5, 5.41) is 3.08. The van der Waals surface area contributed by atoms with Crippen molar-refractivity contribution in [2.45, 2.75) is 72.8 Å². The Morgan fingerprint density at radius 2 is 1.71 bits per heavy atom. The molecular formula is C33H41N3O2. The van der Waals surface area contributed by atoms with Crippen LogP contribution < -0.4 is 10.1 Å². The molecule has 3 aromatic carbocycles. The molecule has 0 radical (unpaired) electrons. The number of rotatable bonds is 13. The van der Waals surface area contributed by atoms with Crippen molar-refractivity contribution in [3.05, 3.63) is 94.3 Å². The summed E-state index contributed by atoms with van der Waals surface area (Å²) in [6, 6.07) is 20.6. The summed E-state index contributed by atoms with van der Waals surface area (Å²) in [5.41, 5.74) is 7.73. The van der Waals surface area contributed by atoms with Crippen molar-refractivity contribution in [1.29, 1.82) is 0 Å². The first-order chi connectivity index (χ1) is 18.4. The third kappa shape index (κ3) is 7.03. The lowest BCUT2D eigenvalue weighted by molar-refractivity contribution is 0.0952. The number of benzene rings is 3. The highest BCUT2D eigenvalue weighted by molar-refractivity contribution is 5.95. The molecule has 0 bridgehead atoms. The van der Waals surface area contributed by atoms with E-state index in [0.717, 1.165) is 79.9 Å². The molecule has 0 saturated carbocycles. The zero-order valence-corrected chi connectivity index (χ0v) is 23.3. The Hall–Kier alpha value is -3.60. The second-order valence-corrected chi connectivity index (χ2v) is 10.3. The quantitative estimate of drug-likeness (QED) is 0.192. The number of nitrogens with zero attached hydrogens (tertiary/aromatic N) is 2. The van der Waals surface area contributed by atoms with Gasteiger partial charge in [-0.25, -0.2) is 4.98 Å². The number of nitrogens with one attached hydrogen (secondary N) is 1. The van der Waals surface area contributed by atoms with Crippen LogP contribution in [0.5, 0.6) is 5.75 Å². The molecule has 1 N–H and O–H groups in total. The Balaban J connectivity index is 1.23. The second-order valence-electron chi connectivity index (χ2n) is 10.3. The lowest BCUT2D eigenvalue weighted by Gasteiger charge is -2.12. The molecule has 5 heteroatoms. The van der Waals surface area contributed by atoms with Gasteiger partial charge in [-0.1, -0.05) is 48.4 Å². The standard InChI is InChI=1S/C33H41N3O2/c1-24-18-19-28(26(3)23-24)33(37)34-20-9-5-6-17-32-35-29-14-7-8-15-30(29)36(32)21-10-11-22-38-31-16-12-13-25(2)27(31)4/h7-8,12-16,18-19,23H,5-6,9-11,17,20-22H2,1-4H3,(H,34,37). The average molecular weight is 512 g/mol. The molecule has 1 amide bonds. The monoisotopic (exact) mass is 511 g/mol. The Morgan fingerprint density at radius 1 is 0.868 bits per heavy atom. The van der Waals surface area contributed by atoms with E-state index < -0.39 is 0 Å². The van der Waals surface area contributed by atoms with Crippen LogP contribution in [0.1, 0.15) is 70.5 Å². The van der Waals surface area contributed by atoms with E-state index in [1.54, 1.807) is 0 Å². The lowest BCUT2D eigenvalue weighted by atomic mass is 10.1. The number of fused-ring (bicyclic) bond motifs is 1. The normalized spacial score (nSPS) is 11.2. The highest BCUT2D eigenvalue weighted by Crippen LogP contribution is 2.22. The molecule has 0 aliphatic heterocycles. The summed E-state index contributed by atoms with van der Waals surface area (Å²) in [6.07, 6.45) is 6.06.